The van der Waals surface area contributed by atoms with Gasteiger partial charge in [0, 0.05) is 21.5 Å². The predicted molar refractivity (Wildman–Crippen MR) is 210 cm³/mol. The minimum Gasteiger partial charge on any atom is -0.456 e. The Morgan fingerprint density at radius 3 is 0.694 bits per heavy atom. The first-order valence-electron chi connectivity index (χ1n) is 17.2. The fourth-order valence-corrected chi connectivity index (χ4v) is 10.2. The summed E-state index contributed by atoms with van der Waals surface area (Å²) in [6.07, 6.45) is 0. The fraction of sp³-hybridized carbons (Fsp3) is 0. The lowest BCUT2D eigenvalue weighted by Crippen LogP contribution is -1.96. The van der Waals surface area contributed by atoms with Crippen LogP contribution in [0.15, 0.2) is 133 Å². The maximum atomic E-state index is 7.28. The van der Waals surface area contributed by atoms with E-state index in [-0.39, 0.29) is 0 Å². The van der Waals surface area contributed by atoms with Crippen LogP contribution >= 0.6 is 0 Å². The van der Waals surface area contributed by atoms with E-state index in [0.29, 0.717) is 0 Å². The van der Waals surface area contributed by atoms with Crippen molar-refractivity contribution < 1.29 is 4.74 Å². The molecule has 14 aromatic rings. The van der Waals surface area contributed by atoms with Crippen LogP contribution in [0.2, 0.25) is 0 Å². The van der Waals surface area contributed by atoms with Gasteiger partial charge in [0.15, 0.2) is 0 Å². The third-order valence-corrected chi connectivity index (χ3v) is 12.1. The summed E-state index contributed by atoms with van der Waals surface area (Å²) in [5.74, 6) is 1.82. The highest BCUT2D eigenvalue weighted by molar-refractivity contribution is 6.46. The average Bonchev–Trinajstić information content (AvgIpc) is 3.15. The second-order valence-electron chi connectivity index (χ2n) is 14.3. The van der Waals surface area contributed by atoms with Crippen molar-refractivity contribution in [3.8, 4) is 11.5 Å². The monoisotopic (exact) mass is 614 g/mol. The van der Waals surface area contributed by atoms with E-state index in [4.69, 9.17) is 4.74 Å². The smallest absolute Gasteiger partial charge is 0.135 e. The zero-order valence-electron chi connectivity index (χ0n) is 26.1. The number of hydrogen-bond donors (Lipinski definition) is 0. The van der Waals surface area contributed by atoms with Crippen molar-refractivity contribution in [3.63, 3.8) is 0 Å². The number of rotatable bonds is 2. The van der Waals surface area contributed by atoms with E-state index >= 15 is 0 Å². The Bertz CT molecular complexity index is 3320. The van der Waals surface area contributed by atoms with E-state index < -0.39 is 0 Å². The molecule has 0 aromatic heterocycles. The van der Waals surface area contributed by atoms with E-state index in [0.717, 1.165) is 11.5 Å². The quantitative estimate of drug-likeness (QED) is 0.139. The van der Waals surface area contributed by atoms with Crippen LogP contribution in [-0.4, -0.2) is 0 Å². The number of benzene rings is 14. The molecule has 49 heavy (non-hydrogen) atoms. The molecule has 0 unspecified atom stereocenters. The Morgan fingerprint density at radius 2 is 0.408 bits per heavy atom. The topological polar surface area (TPSA) is 9.23 Å². The summed E-state index contributed by atoms with van der Waals surface area (Å²) in [6.45, 7) is 0. The Kier molecular flexibility index (Phi) is 3.72. The van der Waals surface area contributed by atoms with E-state index in [1.54, 1.807) is 0 Å². The van der Waals surface area contributed by atoms with Gasteiger partial charge in [-0.25, -0.2) is 0 Å². The SMILES string of the molecule is c1cc2ccc3ccc4c(Oc5cc6ccc7ccc8ccc9ccc%10ccc5c5c%10c9c8c7c65)cc5ccc6ccc1c1c2c3c4c5c61. The van der Waals surface area contributed by atoms with Crippen LogP contribution in [0.5, 0.6) is 11.5 Å². The van der Waals surface area contributed by atoms with Crippen LogP contribution in [0.25, 0.3) is 129 Å². The molecular formula is C48H22O. The summed E-state index contributed by atoms with van der Waals surface area (Å²) in [4.78, 5) is 0. The van der Waals surface area contributed by atoms with E-state index in [1.165, 1.54) is 129 Å². The molecule has 0 aliphatic heterocycles. The largest absolute Gasteiger partial charge is 0.456 e. The van der Waals surface area contributed by atoms with Gasteiger partial charge in [0.2, 0.25) is 0 Å². The van der Waals surface area contributed by atoms with Gasteiger partial charge in [0.1, 0.15) is 11.5 Å². The molecule has 0 amide bonds. The molecule has 1 nitrogen and oxygen atoms in total. The van der Waals surface area contributed by atoms with Gasteiger partial charge in [0.25, 0.3) is 0 Å². The summed E-state index contributed by atoms with van der Waals surface area (Å²) in [7, 11) is 0. The highest BCUT2D eigenvalue weighted by atomic mass is 16.5. The maximum Gasteiger partial charge on any atom is 0.135 e. The molecule has 0 heterocycles. The van der Waals surface area contributed by atoms with Gasteiger partial charge >= 0.3 is 0 Å². The Hall–Kier alpha value is -6.44. The van der Waals surface area contributed by atoms with Gasteiger partial charge in [0.05, 0.1) is 0 Å². The van der Waals surface area contributed by atoms with Crippen LogP contribution in [0, 0.1) is 0 Å². The van der Waals surface area contributed by atoms with Crippen molar-refractivity contribution in [2.75, 3.05) is 0 Å². The van der Waals surface area contributed by atoms with Crippen molar-refractivity contribution in [2.45, 2.75) is 0 Å². The third kappa shape index (κ3) is 2.55. The normalized spacial score (nSPS) is 13.3. The summed E-state index contributed by atoms with van der Waals surface area (Å²) in [6, 6.07) is 50.3. The Balaban J connectivity index is 1.14. The molecule has 0 saturated heterocycles. The van der Waals surface area contributed by atoms with E-state index in [1.807, 2.05) is 0 Å². The molecule has 0 N–H and O–H groups in total. The Labute approximate surface area is 278 Å². The second-order valence-corrected chi connectivity index (χ2v) is 14.3. The number of ether oxygens (including phenoxy) is 1. The van der Waals surface area contributed by atoms with Crippen molar-refractivity contribution in [3.05, 3.63) is 133 Å². The molecule has 220 valence electrons. The zero-order valence-corrected chi connectivity index (χ0v) is 26.1. The first-order chi connectivity index (χ1) is 24.3. The lowest BCUT2D eigenvalue weighted by Gasteiger charge is -2.23. The Morgan fingerprint density at radius 1 is 0.204 bits per heavy atom. The van der Waals surface area contributed by atoms with Crippen LogP contribution in [0.1, 0.15) is 0 Å². The summed E-state index contributed by atoms with van der Waals surface area (Å²) in [5.41, 5.74) is 0. The predicted octanol–water partition coefficient (Wildman–Crippen LogP) is 13.9. The molecule has 14 rings (SSSR count). The van der Waals surface area contributed by atoms with E-state index in [9.17, 15) is 0 Å². The minimum atomic E-state index is 0.909. The molecule has 14 aromatic carbocycles. The first kappa shape index (κ1) is 23.8. The molecule has 0 aliphatic carbocycles. The zero-order chi connectivity index (χ0) is 31.3. The lowest BCUT2D eigenvalue weighted by atomic mass is 9.82. The van der Waals surface area contributed by atoms with Gasteiger partial charge in [-0.05, 0) is 132 Å². The van der Waals surface area contributed by atoms with Crippen molar-refractivity contribution >= 4 is 129 Å². The third-order valence-electron chi connectivity index (χ3n) is 12.1. The molecular weight excluding hydrogens is 593 g/mol. The van der Waals surface area contributed by atoms with Crippen molar-refractivity contribution in [1.29, 1.82) is 0 Å². The molecule has 0 spiro atoms. The van der Waals surface area contributed by atoms with Crippen LogP contribution in [-0.2, 0) is 0 Å². The molecule has 1 heteroatoms. The van der Waals surface area contributed by atoms with Crippen LogP contribution in [0.4, 0.5) is 0 Å². The molecule has 0 atom stereocenters. The van der Waals surface area contributed by atoms with Crippen LogP contribution in [0.3, 0.4) is 0 Å². The molecule has 0 saturated carbocycles. The minimum absolute atomic E-state index is 0.909. The van der Waals surface area contributed by atoms with Gasteiger partial charge in [-0.2, -0.15) is 0 Å². The maximum absolute atomic E-state index is 7.28. The molecule has 0 fully saturated rings. The van der Waals surface area contributed by atoms with Gasteiger partial charge in [-0.15, -0.1) is 0 Å². The number of hydrogen-bond acceptors (Lipinski definition) is 1. The van der Waals surface area contributed by atoms with Gasteiger partial charge in [-0.3, -0.25) is 0 Å². The van der Waals surface area contributed by atoms with Crippen molar-refractivity contribution in [1.82, 2.24) is 0 Å². The molecule has 0 aliphatic rings. The highest BCUT2D eigenvalue weighted by Gasteiger charge is 2.25. The first-order valence-corrected chi connectivity index (χ1v) is 17.2. The summed E-state index contributed by atoms with van der Waals surface area (Å²) >= 11 is 0. The standard InChI is InChI=1S/C48H22O/c1-5-25-9-11-29-17-19-33-35(21-31-15-13-27-7-3-23(1)37-39(25)43(29)47(33)45(31)41(27)37)49-36-22-32-16-14-28-8-4-24-2-6-26-10-12-30-18-20-34(36)48-44(30)40(26)38(24)42(28)46(32)48/h1-22H. The van der Waals surface area contributed by atoms with Gasteiger partial charge in [-0.1, -0.05) is 109 Å². The van der Waals surface area contributed by atoms with Crippen LogP contribution < -0.4 is 4.74 Å². The highest BCUT2D eigenvalue weighted by Crippen LogP contribution is 2.53. The summed E-state index contributed by atoms with van der Waals surface area (Å²) < 4.78 is 7.28. The fourth-order valence-electron chi connectivity index (χ4n) is 10.2. The van der Waals surface area contributed by atoms with E-state index in [2.05, 4.69) is 133 Å². The molecule has 0 radical (unpaired) electrons. The molecule has 0 bridgehead atoms. The van der Waals surface area contributed by atoms with Crippen molar-refractivity contribution in [2.24, 2.45) is 0 Å². The summed E-state index contributed by atoms with van der Waals surface area (Å²) in [5, 5.41) is 31.4. The average molecular weight is 615 g/mol. The lowest BCUT2D eigenvalue weighted by molar-refractivity contribution is 0.495. The van der Waals surface area contributed by atoms with Gasteiger partial charge < -0.3 is 4.74 Å². The second kappa shape index (κ2) is 7.65.